The highest BCUT2D eigenvalue weighted by molar-refractivity contribution is 7.91. The average molecular weight is 322 g/mol. The van der Waals surface area contributed by atoms with Gasteiger partial charge in [-0.05, 0) is 24.6 Å². The summed E-state index contributed by atoms with van der Waals surface area (Å²) in [6, 6.07) is 4.34. The highest BCUT2D eigenvalue weighted by Gasteiger charge is 2.33. The number of hydrogen-bond donors (Lipinski definition) is 0. The minimum Gasteiger partial charge on any atom is -0.338 e. The molecule has 0 N–H and O–H groups in total. The Hall–Kier alpha value is -0.780. The number of hydrogen-bond acceptors (Lipinski definition) is 3. The fourth-order valence-corrected chi connectivity index (χ4v) is 4.24. The molecular weight excluding hydrogens is 309 g/mol. The third-order valence-electron chi connectivity index (χ3n) is 3.24. The van der Waals surface area contributed by atoms with Crippen LogP contribution in [0, 0.1) is 0 Å². The fourth-order valence-electron chi connectivity index (χ4n) is 2.10. The molecule has 0 radical (unpaired) electrons. The van der Waals surface area contributed by atoms with E-state index >= 15 is 0 Å². The van der Waals surface area contributed by atoms with Crippen molar-refractivity contribution in [1.29, 1.82) is 0 Å². The van der Waals surface area contributed by atoms with Gasteiger partial charge in [0.05, 0.1) is 22.1 Å². The lowest BCUT2D eigenvalue weighted by Gasteiger charge is -2.23. The standard InChI is InChI=1S/C12H13Cl2NO3S/c1-15(9-4-5-19(17,18)7-9)12(16)10-6-8(13)2-3-11(10)14/h2-3,6,9H,4-5,7H2,1H3/t9-/m0/s1. The molecule has 0 aromatic heterocycles. The Morgan fingerprint density at radius 2 is 2.05 bits per heavy atom. The normalized spacial score (nSPS) is 21.3. The quantitative estimate of drug-likeness (QED) is 0.839. The van der Waals surface area contributed by atoms with E-state index in [1.54, 1.807) is 19.2 Å². The maximum absolute atomic E-state index is 12.3. The van der Waals surface area contributed by atoms with Gasteiger partial charge in [-0.3, -0.25) is 4.79 Å². The van der Waals surface area contributed by atoms with E-state index in [1.807, 2.05) is 0 Å². The van der Waals surface area contributed by atoms with Crippen LogP contribution in [0.1, 0.15) is 16.8 Å². The topological polar surface area (TPSA) is 54.5 Å². The van der Waals surface area contributed by atoms with Crippen LogP contribution in [0.2, 0.25) is 10.0 Å². The van der Waals surface area contributed by atoms with Crippen LogP contribution in [0.5, 0.6) is 0 Å². The van der Waals surface area contributed by atoms with E-state index in [4.69, 9.17) is 23.2 Å². The van der Waals surface area contributed by atoms with Crippen LogP contribution < -0.4 is 0 Å². The molecule has 19 heavy (non-hydrogen) atoms. The SMILES string of the molecule is CN(C(=O)c1cc(Cl)ccc1Cl)[C@H]1CCS(=O)(=O)C1. The summed E-state index contributed by atoms with van der Waals surface area (Å²) in [5, 5.41) is 0.724. The van der Waals surface area contributed by atoms with Crippen LogP contribution in [0.4, 0.5) is 0 Å². The van der Waals surface area contributed by atoms with Crippen molar-refractivity contribution in [3.63, 3.8) is 0 Å². The molecule has 1 aliphatic heterocycles. The molecule has 1 amide bonds. The molecule has 1 fully saturated rings. The highest BCUT2D eigenvalue weighted by atomic mass is 35.5. The average Bonchev–Trinajstić information content (AvgIpc) is 2.71. The van der Waals surface area contributed by atoms with Crippen molar-refractivity contribution in [2.75, 3.05) is 18.6 Å². The van der Waals surface area contributed by atoms with Gasteiger partial charge < -0.3 is 4.90 Å². The maximum Gasteiger partial charge on any atom is 0.255 e. The van der Waals surface area contributed by atoms with Gasteiger partial charge in [-0.1, -0.05) is 23.2 Å². The van der Waals surface area contributed by atoms with Gasteiger partial charge in [-0.2, -0.15) is 0 Å². The summed E-state index contributed by atoms with van der Waals surface area (Å²) in [5.74, 6) is -0.180. The van der Waals surface area contributed by atoms with Crippen LogP contribution in [0.15, 0.2) is 18.2 Å². The fraction of sp³-hybridized carbons (Fsp3) is 0.417. The first-order valence-corrected chi connectivity index (χ1v) is 8.30. The van der Waals surface area contributed by atoms with Crippen LogP contribution in [-0.2, 0) is 9.84 Å². The van der Waals surface area contributed by atoms with Gasteiger partial charge in [0.15, 0.2) is 9.84 Å². The number of carbonyl (C=O) groups excluding carboxylic acids is 1. The number of benzene rings is 1. The molecule has 0 saturated carbocycles. The second kappa shape index (κ2) is 5.31. The Kier molecular flexibility index (Phi) is 4.08. The van der Waals surface area contributed by atoms with E-state index < -0.39 is 9.84 Å². The summed E-state index contributed by atoms with van der Waals surface area (Å²) in [7, 11) is -1.44. The lowest BCUT2D eigenvalue weighted by Crippen LogP contribution is -2.37. The Morgan fingerprint density at radius 1 is 1.37 bits per heavy atom. The second-order valence-electron chi connectivity index (χ2n) is 4.60. The molecular formula is C12H13Cl2NO3S. The van der Waals surface area contributed by atoms with E-state index in [1.165, 1.54) is 11.0 Å². The molecule has 1 aromatic carbocycles. The number of rotatable bonds is 2. The number of halogens is 2. The molecule has 0 unspecified atom stereocenters. The molecule has 0 bridgehead atoms. The monoisotopic (exact) mass is 321 g/mol. The first-order chi connectivity index (χ1) is 8.80. The molecule has 7 heteroatoms. The third kappa shape index (κ3) is 3.22. The second-order valence-corrected chi connectivity index (χ2v) is 7.67. The van der Waals surface area contributed by atoms with Crippen LogP contribution in [0.25, 0.3) is 0 Å². The molecule has 1 aromatic rings. The Bertz CT molecular complexity index is 615. The minimum atomic E-state index is -3.03. The Labute approximate surface area is 122 Å². The summed E-state index contributed by atoms with van der Waals surface area (Å²) in [5.41, 5.74) is 0.293. The predicted octanol–water partition coefficient (Wildman–Crippen LogP) is 2.25. The number of amides is 1. The highest BCUT2D eigenvalue weighted by Crippen LogP contribution is 2.24. The molecule has 1 saturated heterocycles. The van der Waals surface area contributed by atoms with Gasteiger partial charge in [0.1, 0.15) is 0 Å². The lowest BCUT2D eigenvalue weighted by atomic mass is 10.1. The van der Waals surface area contributed by atoms with Gasteiger partial charge in [0.25, 0.3) is 5.91 Å². The van der Waals surface area contributed by atoms with Crippen LogP contribution >= 0.6 is 23.2 Å². The first kappa shape index (κ1) is 14.6. The zero-order chi connectivity index (χ0) is 14.2. The van der Waals surface area contributed by atoms with Crippen molar-refractivity contribution < 1.29 is 13.2 Å². The molecule has 4 nitrogen and oxygen atoms in total. The van der Waals surface area contributed by atoms with Gasteiger partial charge in [-0.25, -0.2) is 8.42 Å². The zero-order valence-corrected chi connectivity index (χ0v) is 12.6. The van der Waals surface area contributed by atoms with Gasteiger partial charge in [0.2, 0.25) is 0 Å². The van der Waals surface area contributed by atoms with E-state index in [2.05, 4.69) is 0 Å². The van der Waals surface area contributed by atoms with Crippen molar-refractivity contribution >= 4 is 38.9 Å². The molecule has 104 valence electrons. The molecule has 2 rings (SSSR count). The number of carbonyl (C=O) groups is 1. The minimum absolute atomic E-state index is 0.00737. The molecule has 1 aliphatic rings. The van der Waals surface area contributed by atoms with E-state index in [-0.39, 0.29) is 23.5 Å². The van der Waals surface area contributed by atoms with E-state index in [0.29, 0.717) is 22.0 Å². The van der Waals surface area contributed by atoms with E-state index in [9.17, 15) is 13.2 Å². The molecule has 1 atom stereocenters. The number of sulfone groups is 1. The van der Waals surface area contributed by atoms with Crippen LogP contribution in [0.3, 0.4) is 0 Å². The summed E-state index contributed by atoms with van der Waals surface area (Å²) in [4.78, 5) is 13.7. The Morgan fingerprint density at radius 3 is 2.63 bits per heavy atom. The molecule has 0 aliphatic carbocycles. The predicted molar refractivity (Wildman–Crippen MR) is 75.6 cm³/mol. The molecule has 0 spiro atoms. The Balaban J connectivity index is 2.22. The van der Waals surface area contributed by atoms with Crippen molar-refractivity contribution in [2.45, 2.75) is 12.5 Å². The third-order valence-corrected chi connectivity index (χ3v) is 5.55. The molecule has 1 heterocycles. The zero-order valence-electron chi connectivity index (χ0n) is 10.3. The van der Waals surface area contributed by atoms with Gasteiger partial charge >= 0.3 is 0 Å². The van der Waals surface area contributed by atoms with Crippen molar-refractivity contribution in [3.05, 3.63) is 33.8 Å². The van der Waals surface area contributed by atoms with Crippen molar-refractivity contribution in [2.24, 2.45) is 0 Å². The summed E-state index contributed by atoms with van der Waals surface area (Å²) in [6.45, 7) is 0. The number of nitrogens with zero attached hydrogens (tertiary/aromatic N) is 1. The smallest absolute Gasteiger partial charge is 0.255 e. The van der Waals surface area contributed by atoms with Crippen molar-refractivity contribution in [3.8, 4) is 0 Å². The first-order valence-electron chi connectivity index (χ1n) is 5.73. The summed E-state index contributed by atoms with van der Waals surface area (Å²) < 4.78 is 22.9. The lowest BCUT2D eigenvalue weighted by molar-refractivity contribution is 0.0748. The van der Waals surface area contributed by atoms with Gasteiger partial charge in [0, 0.05) is 18.1 Å². The summed E-state index contributed by atoms with van der Waals surface area (Å²) >= 11 is 11.8. The van der Waals surface area contributed by atoms with Crippen LogP contribution in [-0.4, -0.2) is 43.8 Å². The van der Waals surface area contributed by atoms with E-state index in [0.717, 1.165) is 0 Å². The van der Waals surface area contributed by atoms with Crippen molar-refractivity contribution in [1.82, 2.24) is 4.90 Å². The van der Waals surface area contributed by atoms with Gasteiger partial charge in [-0.15, -0.1) is 0 Å². The largest absolute Gasteiger partial charge is 0.338 e. The summed E-state index contributed by atoms with van der Waals surface area (Å²) in [6.07, 6.45) is 0.461. The maximum atomic E-state index is 12.3.